The molecule has 0 aliphatic heterocycles. The average molecular weight is 255 g/mol. The second-order valence-corrected chi connectivity index (χ2v) is 6.77. The lowest BCUT2D eigenvalue weighted by Crippen LogP contribution is -2.55. The second kappa shape index (κ2) is 6.05. The Morgan fingerprint density at radius 1 is 1.17 bits per heavy atom. The molecule has 2 N–H and O–H groups in total. The van der Waals surface area contributed by atoms with E-state index in [1.54, 1.807) is 13.8 Å². The Morgan fingerprint density at radius 3 is 2.22 bits per heavy atom. The quantitative estimate of drug-likeness (QED) is 0.764. The summed E-state index contributed by atoms with van der Waals surface area (Å²) < 4.78 is 0. The lowest BCUT2D eigenvalue weighted by Gasteiger charge is -2.39. The van der Waals surface area contributed by atoms with E-state index in [9.17, 15) is 9.90 Å². The van der Waals surface area contributed by atoms with Gasteiger partial charge in [0.25, 0.3) is 0 Å². The molecule has 0 heterocycles. The highest BCUT2D eigenvalue weighted by atomic mass is 16.4. The number of hydrogen-bond donors (Lipinski definition) is 2. The van der Waals surface area contributed by atoms with Crippen LogP contribution in [0, 0.1) is 11.3 Å². The van der Waals surface area contributed by atoms with Gasteiger partial charge in [0, 0.05) is 5.54 Å². The van der Waals surface area contributed by atoms with Crippen LogP contribution < -0.4 is 5.32 Å². The molecular weight excluding hydrogens is 226 g/mol. The highest BCUT2D eigenvalue weighted by molar-refractivity contribution is 5.75. The molecule has 0 saturated heterocycles. The van der Waals surface area contributed by atoms with Gasteiger partial charge in [-0.25, -0.2) is 0 Å². The molecule has 0 atom stereocenters. The van der Waals surface area contributed by atoms with Crippen molar-refractivity contribution in [2.24, 2.45) is 11.3 Å². The van der Waals surface area contributed by atoms with Crippen LogP contribution in [0.3, 0.4) is 0 Å². The summed E-state index contributed by atoms with van der Waals surface area (Å²) in [6, 6.07) is 0. The van der Waals surface area contributed by atoms with Gasteiger partial charge < -0.3 is 10.4 Å². The van der Waals surface area contributed by atoms with Gasteiger partial charge in [-0.1, -0.05) is 32.1 Å². The lowest BCUT2D eigenvalue weighted by molar-refractivity contribution is -0.151. The number of carboxylic acid groups (broad SMARTS) is 1. The van der Waals surface area contributed by atoms with E-state index in [1.807, 2.05) is 13.8 Å². The third kappa shape index (κ3) is 3.71. The summed E-state index contributed by atoms with van der Waals surface area (Å²) in [5, 5.41) is 12.7. The summed E-state index contributed by atoms with van der Waals surface area (Å²) in [4.78, 5) is 11.3. The van der Waals surface area contributed by atoms with Gasteiger partial charge in [0.2, 0.25) is 0 Å². The van der Waals surface area contributed by atoms with E-state index in [-0.39, 0.29) is 5.54 Å². The first-order valence-electron chi connectivity index (χ1n) is 7.26. The molecule has 1 fully saturated rings. The van der Waals surface area contributed by atoms with Crippen molar-refractivity contribution in [2.45, 2.75) is 71.8 Å². The molecule has 0 aromatic heterocycles. The zero-order valence-electron chi connectivity index (χ0n) is 12.4. The number of aliphatic carboxylic acids is 1. The van der Waals surface area contributed by atoms with Crippen LogP contribution in [0.2, 0.25) is 0 Å². The molecular formula is C15H29NO2. The molecule has 106 valence electrons. The van der Waals surface area contributed by atoms with Gasteiger partial charge in [0.05, 0.1) is 5.41 Å². The van der Waals surface area contributed by atoms with Crippen LogP contribution in [0.4, 0.5) is 0 Å². The van der Waals surface area contributed by atoms with Gasteiger partial charge >= 0.3 is 5.97 Å². The van der Waals surface area contributed by atoms with Crippen LogP contribution >= 0.6 is 0 Å². The third-order valence-corrected chi connectivity index (χ3v) is 4.94. The van der Waals surface area contributed by atoms with Crippen molar-refractivity contribution in [1.29, 1.82) is 0 Å². The lowest BCUT2D eigenvalue weighted by atomic mass is 9.74. The fraction of sp³-hybridized carbons (Fsp3) is 0.933. The summed E-state index contributed by atoms with van der Waals surface area (Å²) >= 11 is 0. The van der Waals surface area contributed by atoms with Crippen molar-refractivity contribution in [3.63, 3.8) is 0 Å². The number of nitrogens with one attached hydrogen (secondary N) is 1. The Hall–Kier alpha value is -0.570. The number of hydrogen-bond acceptors (Lipinski definition) is 2. The molecule has 0 bridgehead atoms. The fourth-order valence-electron chi connectivity index (χ4n) is 2.55. The van der Waals surface area contributed by atoms with Crippen LogP contribution in [0.15, 0.2) is 0 Å². The monoisotopic (exact) mass is 255 g/mol. The number of carboxylic acids is 1. The van der Waals surface area contributed by atoms with Gasteiger partial charge in [-0.2, -0.15) is 0 Å². The van der Waals surface area contributed by atoms with E-state index in [0.717, 1.165) is 12.5 Å². The van der Waals surface area contributed by atoms with Crippen LogP contribution in [0.1, 0.15) is 66.2 Å². The van der Waals surface area contributed by atoms with E-state index >= 15 is 0 Å². The predicted octanol–water partition coefficient (Wildman–Crippen LogP) is 3.44. The first-order valence-corrected chi connectivity index (χ1v) is 7.26. The van der Waals surface area contributed by atoms with Crippen LogP contribution in [-0.2, 0) is 4.79 Å². The number of rotatable bonds is 6. The molecule has 0 aromatic carbocycles. The Kier molecular flexibility index (Phi) is 5.20. The molecule has 3 heteroatoms. The van der Waals surface area contributed by atoms with Gasteiger partial charge in [-0.05, 0) is 46.6 Å². The summed E-state index contributed by atoms with van der Waals surface area (Å²) in [6.45, 7) is 8.49. The highest BCUT2D eigenvalue weighted by Gasteiger charge is 2.42. The van der Waals surface area contributed by atoms with Crippen LogP contribution in [-0.4, -0.2) is 23.2 Å². The maximum absolute atomic E-state index is 11.3. The molecule has 18 heavy (non-hydrogen) atoms. The Bertz CT molecular complexity index is 278. The SMILES string of the molecule is CC(C)(NCCC1CCCCC1)C(C)(C)C(=O)O. The number of carbonyl (C=O) groups is 1. The zero-order chi connectivity index (χ0) is 13.8. The first-order chi connectivity index (χ1) is 8.27. The van der Waals surface area contributed by atoms with Gasteiger partial charge in [0.1, 0.15) is 0 Å². The summed E-state index contributed by atoms with van der Waals surface area (Å²) in [6.07, 6.45) is 8.01. The Balaban J connectivity index is 2.39. The van der Waals surface area contributed by atoms with E-state index < -0.39 is 11.4 Å². The Labute approximate surface area is 111 Å². The van der Waals surface area contributed by atoms with E-state index in [0.29, 0.717) is 0 Å². The maximum Gasteiger partial charge on any atom is 0.310 e. The minimum atomic E-state index is -0.750. The second-order valence-electron chi connectivity index (χ2n) is 6.77. The largest absolute Gasteiger partial charge is 0.481 e. The fourth-order valence-corrected chi connectivity index (χ4v) is 2.55. The molecule has 0 amide bonds. The van der Waals surface area contributed by atoms with Gasteiger partial charge in [0.15, 0.2) is 0 Å². The minimum Gasteiger partial charge on any atom is -0.481 e. The first kappa shape index (κ1) is 15.5. The van der Waals surface area contributed by atoms with Crippen molar-refractivity contribution >= 4 is 5.97 Å². The van der Waals surface area contributed by atoms with E-state index in [1.165, 1.54) is 38.5 Å². The van der Waals surface area contributed by atoms with Crippen molar-refractivity contribution in [3.05, 3.63) is 0 Å². The standard InChI is InChI=1S/C15H29NO2/c1-14(2,13(17)18)15(3,4)16-11-10-12-8-6-5-7-9-12/h12,16H,5-11H2,1-4H3,(H,17,18). The van der Waals surface area contributed by atoms with Crippen molar-refractivity contribution in [1.82, 2.24) is 5.32 Å². The van der Waals surface area contributed by atoms with E-state index in [2.05, 4.69) is 5.32 Å². The highest BCUT2D eigenvalue weighted by Crippen LogP contribution is 2.31. The summed E-state index contributed by atoms with van der Waals surface area (Å²) in [5.41, 5.74) is -1.13. The molecule has 0 aromatic rings. The molecule has 1 rings (SSSR count). The maximum atomic E-state index is 11.3. The van der Waals surface area contributed by atoms with Crippen LogP contribution in [0.25, 0.3) is 0 Å². The van der Waals surface area contributed by atoms with Crippen molar-refractivity contribution in [3.8, 4) is 0 Å². The topological polar surface area (TPSA) is 49.3 Å². The van der Waals surface area contributed by atoms with E-state index in [4.69, 9.17) is 0 Å². The van der Waals surface area contributed by atoms with Crippen molar-refractivity contribution in [2.75, 3.05) is 6.54 Å². The van der Waals surface area contributed by atoms with Crippen molar-refractivity contribution < 1.29 is 9.90 Å². The van der Waals surface area contributed by atoms with Gasteiger partial charge in [-0.15, -0.1) is 0 Å². The summed E-state index contributed by atoms with van der Waals surface area (Å²) in [5.74, 6) is 0.104. The molecule has 1 saturated carbocycles. The minimum absolute atomic E-state index is 0.381. The third-order valence-electron chi connectivity index (χ3n) is 4.94. The predicted molar refractivity (Wildman–Crippen MR) is 74.7 cm³/mol. The van der Waals surface area contributed by atoms with Gasteiger partial charge in [-0.3, -0.25) is 4.79 Å². The molecule has 0 spiro atoms. The molecule has 0 unspecified atom stereocenters. The zero-order valence-corrected chi connectivity index (χ0v) is 12.4. The molecule has 3 nitrogen and oxygen atoms in total. The Morgan fingerprint density at radius 2 is 1.72 bits per heavy atom. The molecule has 0 radical (unpaired) electrons. The molecule has 1 aliphatic rings. The molecule has 1 aliphatic carbocycles. The average Bonchev–Trinajstić information content (AvgIpc) is 2.29. The normalized spacial score (nSPS) is 18.9. The summed E-state index contributed by atoms with van der Waals surface area (Å²) in [7, 11) is 0. The van der Waals surface area contributed by atoms with Crippen LogP contribution in [0.5, 0.6) is 0 Å². The smallest absolute Gasteiger partial charge is 0.310 e.